The van der Waals surface area contributed by atoms with Crippen LogP contribution in [-0.2, 0) is 11.3 Å². The summed E-state index contributed by atoms with van der Waals surface area (Å²) in [6.07, 6.45) is 0. The number of benzene rings is 2. The molecule has 4 nitrogen and oxygen atoms in total. The van der Waals surface area contributed by atoms with Gasteiger partial charge in [-0.3, -0.25) is 4.79 Å². The maximum atomic E-state index is 11.2. The van der Waals surface area contributed by atoms with Gasteiger partial charge in [-0.1, -0.05) is 29.8 Å². The third-order valence-corrected chi connectivity index (χ3v) is 3.30. The molecule has 2 N–H and O–H groups in total. The molecule has 21 heavy (non-hydrogen) atoms. The Kier molecular flexibility index (Phi) is 5.06. The first kappa shape index (κ1) is 15.2. The van der Waals surface area contributed by atoms with E-state index in [1.54, 1.807) is 19.2 Å². The molecule has 0 aromatic heterocycles. The largest absolute Gasteiger partial charge is 0.497 e. The van der Waals surface area contributed by atoms with Gasteiger partial charge in [0.2, 0.25) is 5.91 Å². The van der Waals surface area contributed by atoms with Crippen LogP contribution in [0.2, 0.25) is 5.02 Å². The predicted molar refractivity (Wildman–Crippen MR) is 86.1 cm³/mol. The van der Waals surface area contributed by atoms with Gasteiger partial charge in [0.25, 0.3) is 0 Å². The monoisotopic (exact) mass is 304 g/mol. The summed E-state index contributed by atoms with van der Waals surface area (Å²) >= 11 is 6.16. The minimum absolute atomic E-state index is 0.0955. The van der Waals surface area contributed by atoms with Gasteiger partial charge < -0.3 is 15.4 Å². The van der Waals surface area contributed by atoms with E-state index in [1.807, 2.05) is 30.3 Å². The lowest BCUT2D eigenvalue weighted by Crippen LogP contribution is -2.10. The molecule has 0 bridgehead atoms. The standard InChI is InChI=1S/C16H17ClN2O2/c1-11(20)19-15-6-4-3-5-12(15)10-18-16-9-13(21-2)7-8-14(16)17/h3-9,18H,10H2,1-2H3,(H,19,20). The quantitative estimate of drug-likeness (QED) is 0.880. The number of rotatable bonds is 5. The Hall–Kier alpha value is -2.20. The van der Waals surface area contributed by atoms with E-state index in [-0.39, 0.29) is 5.91 Å². The average Bonchev–Trinajstić information content (AvgIpc) is 2.47. The Balaban J connectivity index is 2.15. The molecule has 0 spiro atoms. The second-order valence-corrected chi connectivity index (χ2v) is 4.94. The van der Waals surface area contributed by atoms with Gasteiger partial charge >= 0.3 is 0 Å². The summed E-state index contributed by atoms with van der Waals surface area (Å²) in [7, 11) is 1.61. The van der Waals surface area contributed by atoms with Crippen LogP contribution in [0, 0.1) is 0 Å². The molecule has 0 unspecified atom stereocenters. The van der Waals surface area contributed by atoms with Crippen molar-refractivity contribution in [2.75, 3.05) is 17.7 Å². The molecule has 5 heteroatoms. The maximum Gasteiger partial charge on any atom is 0.221 e. The highest BCUT2D eigenvalue weighted by Crippen LogP contribution is 2.27. The van der Waals surface area contributed by atoms with Crippen LogP contribution in [0.3, 0.4) is 0 Å². The fraction of sp³-hybridized carbons (Fsp3) is 0.188. The Morgan fingerprint density at radius 2 is 1.95 bits per heavy atom. The Morgan fingerprint density at radius 1 is 1.19 bits per heavy atom. The first-order chi connectivity index (χ1) is 10.1. The topological polar surface area (TPSA) is 50.4 Å². The summed E-state index contributed by atoms with van der Waals surface area (Å²) in [6, 6.07) is 13.0. The molecule has 0 aliphatic heterocycles. The summed E-state index contributed by atoms with van der Waals surface area (Å²) in [4.78, 5) is 11.2. The Labute approximate surface area is 129 Å². The van der Waals surface area contributed by atoms with Crippen molar-refractivity contribution in [1.82, 2.24) is 0 Å². The van der Waals surface area contributed by atoms with Gasteiger partial charge in [-0.2, -0.15) is 0 Å². The molecule has 2 rings (SSSR count). The van der Waals surface area contributed by atoms with Crippen LogP contribution in [0.25, 0.3) is 0 Å². The van der Waals surface area contributed by atoms with Crippen molar-refractivity contribution in [3.05, 3.63) is 53.1 Å². The van der Waals surface area contributed by atoms with Gasteiger partial charge in [0, 0.05) is 25.2 Å². The molecule has 1 amide bonds. The highest BCUT2D eigenvalue weighted by molar-refractivity contribution is 6.33. The van der Waals surface area contributed by atoms with Crippen molar-refractivity contribution in [3.8, 4) is 5.75 Å². The zero-order chi connectivity index (χ0) is 15.2. The molecule has 0 heterocycles. The van der Waals surface area contributed by atoms with Crippen molar-refractivity contribution in [2.45, 2.75) is 13.5 Å². The number of ether oxygens (including phenoxy) is 1. The van der Waals surface area contributed by atoms with Gasteiger partial charge in [0.05, 0.1) is 17.8 Å². The zero-order valence-corrected chi connectivity index (χ0v) is 12.7. The summed E-state index contributed by atoms with van der Waals surface area (Å²) in [5, 5.41) is 6.68. The number of hydrogen-bond donors (Lipinski definition) is 2. The fourth-order valence-electron chi connectivity index (χ4n) is 1.94. The van der Waals surface area contributed by atoms with Crippen LogP contribution in [0.5, 0.6) is 5.75 Å². The number of nitrogens with one attached hydrogen (secondary N) is 2. The van der Waals surface area contributed by atoms with Gasteiger partial charge in [0.1, 0.15) is 5.75 Å². The van der Waals surface area contributed by atoms with Crippen LogP contribution in [-0.4, -0.2) is 13.0 Å². The van der Waals surface area contributed by atoms with Crippen LogP contribution < -0.4 is 15.4 Å². The molecule has 0 aliphatic carbocycles. The molecule has 0 aliphatic rings. The van der Waals surface area contributed by atoms with E-state index in [9.17, 15) is 4.79 Å². The summed E-state index contributed by atoms with van der Waals surface area (Å²) in [5.41, 5.74) is 2.55. The van der Waals surface area contributed by atoms with Crippen LogP contribution in [0.15, 0.2) is 42.5 Å². The normalized spacial score (nSPS) is 10.0. The predicted octanol–water partition coefficient (Wildman–Crippen LogP) is 3.92. The molecule has 2 aromatic rings. The lowest BCUT2D eigenvalue weighted by atomic mass is 10.1. The second-order valence-electron chi connectivity index (χ2n) is 4.54. The van der Waals surface area contributed by atoms with E-state index in [2.05, 4.69) is 10.6 Å². The molecule has 0 radical (unpaired) electrons. The minimum Gasteiger partial charge on any atom is -0.497 e. The van der Waals surface area contributed by atoms with Crippen LogP contribution >= 0.6 is 11.6 Å². The first-order valence-corrected chi connectivity index (χ1v) is 6.91. The SMILES string of the molecule is COc1ccc(Cl)c(NCc2ccccc2NC(C)=O)c1. The van der Waals surface area contributed by atoms with E-state index in [4.69, 9.17) is 16.3 Å². The van der Waals surface area contributed by atoms with E-state index < -0.39 is 0 Å². The first-order valence-electron chi connectivity index (χ1n) is 6.53. The van der Waals surface area contributed by atoms with Crippen LogP contribution in [0.1, 0.15) is 12.5 Å². The number of anilines is 2. The number of para-hydroxylation sites is 1. The van der Waals surface area contributed by atoms with Crippen LogP contribution in [0.4, 0.5) is 11.4 Å². The molecule has 110 valence electrons. The van der Waals surface area contributed by atoms with Crippen molar-refractivity contribution in [2.24, 2.45) is 0 Å². The van der Waals surface area contributed by atoms with Crippen molar-refractivity contribution >= 4 is 28.9 Å². The second kappa shape index (κ2) is 6.99. The third-order valence-electron chi connectivity index (χ3n) is 2.97. The number of methoxy groups -OCH3 is 1. The van der Waals surface area contributed by atoms with Gasteiger partial charge in [-0.15, -0.1) is 0 Å². The lowest BCUT2D eigenvalue weighted by molar-refractivity contribution is -0.114. The van der Waals surface area contributed by atoms with Gasteiger partial charge in [-0.05, 0) is 23.8 Å². The summed E-state index contributed by atoms with van der Waals surface area (Å²) in [5.74, 6) is 0.638. The molecular weight excluding hydrogens is 288 g/mol. The summed E-state index contributed by atoms with van der Waals surface area (Å²) < 4.78 is 5.18. The third kappa shape index (κ3) is 4.13. The Morgan fingerprint density at radius 3 is 2.67 bits per heavy atom. The van der Waals surface area contributed by atoms with Crippen molar-refractivity contribution < 1.29 is 9.53 Å². The minimum atomic E-state index is -0.0955. The number of carbonyl (C=O) groups is 1. The number of amides is 1. The average molecular weight is 305 g/mol. The zero-order valence-electron chi connectivity index (χ0n) is 11.9. The van der Waals surface area contributed by atoms with E-state index in [0.717, 1.165) is 22.7 Å². The lowest BCUT2D eigenvalue weighted by Gasteiger charge is -2.13. The number of carbonyl (C=O) groups excluding carboxylic acids is 1. The molecule has 0 atom stereocenters. The highest BCUT2D eigenvalue weighted by atomic mass is 35.5. The summed E-state index contributed by atoms with van der Waals surface area (Å²) in [6.45, 7) is 2.03. The molecule has 0 saturated heterocycles. The van der Waals surface area contributed by atoms with Gasteiger partial charge in [0.15, 0.2) is 0 Å². The molecule has 0 saturated carbocycles. The highest BCUT2D eigenvalue weighted by Gasteiger charge is 2.06. The fourth-order valence-corrected chi connectivity index (χ4v) is 2.13. The molecule has 2 aromatic carbocycles. The van der Waals surface area contributed by atoms with E-state index in [1.165, 1.54) is 6.92 Å². The number of hydrogen-bond acceptors (Lipinski definition) is 3. The van der Waals surface area contributed by atoms with E-state index >= 15 is 0 Å². The number of halogens is 1. The van der Waals surface area contributed by atoms with Gasteiger partial charge in [-0.25, -0.2) is 0 Å². The smallest absolute Gasteiger partial charge is 0.221 e. The van der Waals surface area contributed by atoms with E-state index in [0.29, 0.717) is 11.6 Å². The van der Waals surface area contributed by atoms with Crippen molar-refractivity contribution in [3.63, 3.8) is 0 Å². The van der Waals surface area contributed by atoms with Crippen molar-refractivity contribution in [1.29, 1.82) is 0 Å². The molecule has 0 fully saturated rings. The maximum absolute atomic E-state index is 11.2. The Bertz CT molecular complexity index is 644. The molecular formula is C16H17ClN2O2.